The second kappa shape index (κ2) is 17.9. The third-order valence-corrected chi connectivity index (χ3v) is 6.90. The highest BCUT2D eigenvalue weighted by Gasteiger charge is 2.05. The molecule has 32 heavy (non-hydrogen) atoms. The SMILES string of the molecule is CCCCCCCCCCCCCCO.Cc1cc(O)ccc1Sc1ccc(O)cc1C. The van der Waals surface area contributed by atoms with Crippen LogP contribution in [-0.4, -0.2) is 21.9 Å². The molecule has 0 aliphatic carbocycles. The van der Waals surface area contributed by atoms with E-state index in [1.807, 2.05) is 26.0 Å². The number of aliphatic hydroxyl groups is 1. The van der Waals surface area contributed by atoms with Crippen LogP contribution in [0.2, 0.25) is 0 Å². The molecule has 0 atom stereocenters. The van der Waals surface area contributed by atoms with Crippen LogP contribution in [0.5, 0.6) is 11.5 Å². The van der Waals surface area contributed by atoms with E-state index >= 15 is 0 Å². The Morgan fingerprint density at radius 2 is 0.969 bits per heavy atom. The molecule has 0 amide bonds. The average molecular weight is 461 g/mol. The van der Waals surface area contributed by atoms with E-state index in [0.717, 1.165) is 27.3 Å². The molecule has 0 aliphatic rings. The van der Waals surface area contributed by atoms with Gasteiger partial charge in [0.15, 0.2) is 0 Å². The highest BCUT2D eigenvalue weighted by atomic mass is 32.2. The lowest BCUT2D eigenvalue weighted by Gasteiger charge is -2.08. The Balaban J connectivity index is 0.000000324. The summed E-state index contributed by atoms with van der Waals surface area (Å²) >= 11 is 1.64. The number of phenols is 2. The van der Waals surface area contributed by atoms with Crippen LogP contribution in [0.1, 0.15) is 95.1 Å². The minimum atomic E-state index is 0.286. The lowest BCUT2D eigenvalue weighted by molar-refractivity contribution is 0.282. The zero-order valence-corrected chi connectivity index (χ0v) is 21.2. The number of aliphatic hydroxyl groups excluding tert-OH is 1. The summed E-state index contributed by atoms with van der Waals surface area (Å²) in [5.74, 6) is 0.573. The van der Waals surface area contributed by atoms with E-state index in [0.29, 0.717) is 6.61 Å². The maximum absolute atomic E-state index is 9.35. The summed E-state index contributed by atoms with van der Waals surface area (Å²) in [6.07, 6.45) is 16.2. The molecule has 0 unspecified atom stereocenters. The molecule has 0 radical (unpaired) electrons. The van der Waals surface area contributed by atoms with Gasteiger partial charge in [0.25, 0.3) is 0 Å². The zero-order valence-electron chi connectivity index (χ0n) is 20.4. The molecule has 0 aromatic heterocycles. The predicted octanol–water partition coefficient (Wildman–Crippen LogP) is 8.55. The number of hydrogen-bond acceptors (Lipinski definition) is 4. The number of rotatable bonds is 14. The Morgan fingerprint density at radius 3 is 1.31 bits per heavy atom. The van der Waals surface area contributed by atoms with Crippen molar-refractivity contribution in [1.29, 1.82) is 0 Å². The molecule has 0 fully saturated rings. The van der Waals surface area contributed by atoms with Gasteiger partial charge < -0.3 is 15.3 Å². The van der Waals surface area contributed by atoms with Crippen molar-refractivity contribution in [2.24, 2.45) is 0 Å². The van der Waals surface area contributed by atoms with Gasteiger partial charge in [-0.25, -0.2) is 0 Å². The first-order valence-corrected chi connectivity index (χ1v) is 13.2. The first-order chi connectivity index (χ1) is 15.5. The van der Waals surface area contributed by atoms with Crippen molar-refractivity contribution in [1.82, 2.24) is 0 Å². The van der Waals surface area contributed by atoms with Gasteiger partial charge in [-0.15, -0.1) is 0 Å². The summed E-state index contributed by atoms with van der Waals surface area (Å²) in [4.78, 5) is 2.22. The molecule has 3 nitrogen and oxygen atoms in total. The number of aryl methyl sites for hydroxylation is 2. The molecule has 2 aromatic rings. The number of phenolic OH excluding ortho intramolecular Hbond substituents is 2. The molecule has 0 aliphatic heterocycles. The Bertz CT molecular complexity index is 684. The average Bonchev–Trinajstić information content (AvgIpc) is 2.76. The van der Waals surface area contributed by atoms with Gasteiger partial charge in [0.05, 0.1) is 0 Å². The zero-order chi connectivity index (χ0) is 23.6. The highest BCUT2D eigenvalue weighted by molar-refractivity contribution is 7.99. The molecule has 4 heteroatoms. The Hall–Kier alpha value is -1.65. The summed E-state index contributed by atoms with van der Waals surface area (Å²) in [5, 5.41) is 27.3. The minimum absolute atomic E-state index is 0.286. The summed E-state index contributed by atoms with van der Waals surface area (Å²) in [6, 6.07) is 10.7. The maximum atomic E-state index is 9.35. The minimum Gasteiger partial charge on any atom is -0.508 e. The highest BCUT2D eigenvalue weighted by Crippen LogP contribution is 2.34. The Labute approximate surface area is 200 Å². The molecule has 0 saturated heterocycles. The van der Waals surface area contributed by atoms with Crippen molar-refractivity contribution in [3.63, 3.8) is 0 Å². The lowest BCUT2D eigenvalue weighted by atomic mass is 10.1. The monoisotopic (exact) mass is 460 g/mol. The summed E-state index contributed by atoms with van der Waals surface area (Å²) < 4.78 is 0. The van der Waals surface area contributed by atoms with Crippen LogP contribution < -0.4 is 0 Å². The first-order valence-electron chi connectivity index (χ1n) is 12.4. The van der Waals surface area contributed by atoms with Crippen LogP contribution in [0.3, 0.4) is 0 Å². The maximum Gasteiger partial charge on any atom is 0.115 e. The molecule has 180 valence electrons. The van der Waals surface area contributed by atoms with Crippen molar-refractivity contribution >= 4 is 11.8 Å². The predicted molar refractivity (Wildman–Crippen MR) is 138 cm³/mol. The van der Waals surface area contributed by atoms with Crippen molar-refractivity contribution in [3.8, 4) is 11.5 Å². The summed E-state index contributed by atoms with van der Waals surface area (Å²) in [5.41, 5.74) is 2.09. The standard InChI is InChI=1S/C14H14O2S.C14H30O/c1-9-7-11(15)3-5-13(9)17-14-6-4-12(16)8-10(14)2;1-2-3-4-5-6-7-8-9-10-11-12-13-14-15/h3-8,15-16H,1-2H3;15H,2-14H2,1H3. The second-order valence-corrected chi connectivity index (χ2v) is 9.70. The van der Waals surface area contributed by atoms with E-state index in [1.165, 1.54) is 70.6 Å². The molecule has 0 bridgehead atoms. The smallest absolute Gasteiger partial charge is 0.115 e. The van der Waals surface area contributed by atoms with Crippen LogP contribution in [0.4, 0.5) is 0 Å². The van der Waals surface area contributed by atoms with Gasteiger partial charge >= 0.3 is 0 Å². The van der Waals surface area contributed by atoms with Crippen LogP contribution in [0, 0.1) is 13.8 Å². The van der Waals surface area contributed by atoms with E-state index in [9.17, 15) is 10.2 Å². The fourth-order valence-electron chi connectivity index (χ4n) is 3.57. The fraction of sp³-hybridized carbons (Fsp3) is 0.571. The van der Waals surface area contributed by atoms with Crippen molar-refractivity contribution in [2.75, 3.05) is 6.61 Å². The number of aromatic hydroxyl groups is 2. The van der Waals surface area contributed by atoms with E-state index in [1.54, 1.807) is 36.0 Å². The summed E-state index contributed by atoms with van der Waals surface area (Å²) in [7, 11) is 0. The fourth-order valence-corrected chi connectivity index (χ4v) is 4.52. The Morgan fingerprint density at radius 1 is 0.594 bits per heavy atom. The van der Waals surface area contributed by atoms with Gasteiger partial charge in [0.1, 0.15) is 11.5 Å². The van der Waals surface area contributed by atoms with E-state index in [-0.39, 0.29) is 11.5 Å². The van der Waals surface area contributed by atoms with Crippen LogP contribution in [0.15, 0.2) is 46.2 Å². The van der Waals surface area contributed by atoms with Crippen molar-refractivity contribution in [2.45, 2.75) is 108 Å². The van der Waals surface area contributed by atoms with Gasteiger partial charge in [-0.1, -0.05) is 89.3 Å². The van der Waals surface area contributed by atoms with Gasteiger partial charge in [-0.2, -0.15) is 0 Å². The van der Waals surface area contributed by atoms with Gasteiger partial charge in [-0.3, -0.25) is 0 Å². The third kappa shape index (κ3) is 13.0. The normalized spacial score (nSPS) is 10.6. The quantitative estimate of drug-likeness (QED) is 0.247. The van der Waals surface area contributed by atoms with Crippen LogP contribution >= 0.6 is 11.8 Å². The second-order valence-electron chi connectivity index (χ2n) is 8.61. The topological polar surface area (TPSA) is 60.7 Å². The van der Waals surface area contributed by atoms with Crippen molar-refractivity contribution < 1.29 is 15.3 Å². The molecule has 2 rings (SSSR count). The molecule has 3 N–H and O–H groups in total. The third-order valence-electron chi connectivity index (χ3n) is 5.55. The molecule has 0 spiro atoms. The number of hydrogen-bond donors (Lipinski definition) is 3. The largest absolute Gasteiger partial charge is 0.508 e. The van der Waals surface area contributed by atoms with E-state index in [2.05, 4.69) is 6.92 Å². The first kappa shape index (κ1) is 28.4. The van der Waals surface area contributed by atoms with Gasteiger partial charge in [-0.05, 0) is 67.8 Å². The number of benzene rings is 2. The lowest BCUT2D eigenvalue weighted by Crippen LogP contribution is -1.84. The van der Waals surface area contributed by atoms with Crippen molar-refractivity contribution in [3.05, 3.63) is 47.5 Å². The Kier molecular flexibility index (Phi) is 15.8. The molecule has 2 aromatic carbocycles. The number of unbranched alkanes of at least 4 members (excludes halogenated alkanes) is 11. The molecular formula is C28H44O3S. The molecular weight excluding hydrogens is 416 g/mol. The van der Waals surface area contributed by atoms with Gasteiger partial charge in [0.2, 0.25) is 0 Å². The van der Waals surface area contributed by atoms with E-state index < -0.39 is 0 Å². The van der Waals surface area contributed by atoms with Crippen LogP contribution in [-0.2, 0) is 0 Å². The summed E-state index contributed by atoms with van der Waals surface area (Å²) in [6.45, 7) is 6.58. The molecule has 0 saturated carbocycles. The van der Waals surface area contributed by atoms with Crippen LogP contribution in [0.25, 0.3) is 0 Å². The molecule has 0 heterocycles. The van der Waals surface area contributed by atoms with Gasteiger partial charge in [0, 0.05) is 16.4 Å². The van der Waals surface area contributed by atoms with E-state index in [4.69, 9.17) is 5.11 Å².